The van der Waals surface area contributed by atoms with Gasteiger partial charge in [-0.05, 0) is 68.9 Å². The van der Waals surface area contributed by atoms with E-state index in [1.807, 2.05) is 12.1 Å². The van der Waals surface area contributed by atoms with Gasteiger partial charge in [-0.15, -0.1) is 0 Å². The van der Waals surface area contributed by atoms with Gasteiger partial charge in [0.25, 0.3) is 0 Å². The first-order valence-corrected chi connectivity index (χ1v) is 12.3. The van der Waals surface area contributed by atoms with Crippen LogP contribution in [0, 0.1) is 5.82 Å². The summed E-state index contributed by atoms with van der Waals surface area (Å²) in [5.41, 5.74) is 1.11. The van der Waals surface area contributed by atoms with Crippen molar-refractivity contribution in [3.05, 3.63) is 41.7 Å². The molecular weight excluding hydrogens is 439 g/mol. The molecule has 2 fully saturated rings. The largest absolute Gasteiger partial charge is 0.378 e. The van der Waals surface area contributed by atoms with E-state index in [9.17, 15) is 4.39 Å². The molecule has 2 N–H and O–H groups in total. The highest BCUT2D eigenvalue weighted by Crippen LogP contribution is 2.27. The fourth-order valence-electron chi connectivity index (χ4n) is 4.31. The van der Waals surface area contributed by atoms with Crippen LogP contribution in [-0.2, 0) is 11.2 Å². The maximum absolute atomic E-state index is 13.0. The minimum Gasteiger partial charge on any atom is -0.378 e. The van der Waals surface area contributed by atoms with Gasteiger partial charge in [0.05, 0.1) is 13.2 Å². The summed E-state index contributed by atoms with van der Waals surface area (Å²) in [5, 5.41) is 6.93. The van der Waals surface area contributed by atoms with Crippen LogP contribution < -0.4 is 20.4 Å². The predicted molar refractivity (Wildman–Crippen MR) is 135 cm³/mol. The van der Waals surface area contributed by atoms with Crippen LogP contribution >= 0.6 is 12.2 Å². The first-order chi connectivity index (χ1) is 16.1. The smallest absolute Gasteiger partial charge is 0.232 e. The average Bonchev–Trinajstić information content (AvgIpc) is 2.83. The number of hydrogen-bond donors (Lipinski definition) is 2. The minimum absolute atomic E-state index is 0.208. The Labute approximate surface area is 200 Å². The monoisotopic (exact) mass is 472 g/mol. The summed E-state index contributed by atoms with van der Waals surface area (Å²) in [7, 11) is 0. The summed E-state index contributed by atoms with van der Waals surface area (Å²) in [6.07, 6.45) is 5.36. The first kappa shape index (κ1) is 23.6. The van der Waals surface area contributed by atoms with Gasteiger partial charge in [-0.3, -0.25) is 0 Å². The molecule has 1 aromatic carbocycles. The van der Waals surface area contributed by atoms with Crippen molar-refractivity contribution in [2.75, 3.05) is 54.5 Å². The van der Waals surface area contributed by atoms with Crippen LogP contribution in [0.2, 0.25) is 0 Å². The van der Waals surface area contributed by atoms with Gasteiger partial charge >= 0.3 is 0 Å². The zero-order chi connectivity index (χ0) is 23.0. The maximum atomic E-state index is 13.0. The lowest BCUT2D eigenvalue weighted by Gasteiger charge is -2.35. The molecule has 0 spiro atoms. The average molecular weight is 473 g/mol. The summed E-state index contributed by atoms with van der Waals surface area (Å²) in [6.45, 7) is 7.02. The molecule has 1 atom stereocenters. The number of halogens is 1. The highest BCUT2D eigenvalue weighted by Gasteiger charge is 2.23. The molecule has 1 aromatic heterocycles. The fourth-order valence-corrected chi connectivity index (χ4v) is 4.50. The number of anilines is 3. The van der Waals surface area contributed by atoms with E-state index in [0.717, 1.165) is 49.7 Å². The van der Waals surface area contributed by atoms with Crippen LogP contribution in [-0.4, -0.2) is 60.5 Å². The standard InChI is InChI=1S/C24H33FN6OS/c1-18-5-2-3-12-31(18)22-17-21(30-13-15-32-16-14-30)27-23(28-22)29-24(33)26-11-4-6-19-7-9-20(25)10-8-19/h7-10,17-18H,2-6,11-16H2,1H3,(H2,26,27,28,29,33). The molecule has 0 aliphatic carbocycles. The Bertz CT molecular complexity index is 922. The van der Waals surface area contributed by atoms with Crippen molar-refractivity contribution < 1.29 is 9.13 Å². The van der Waals surface area contributed by atoms with Crippen molar-refractivity contribution in [3.63, 3.8) is 0 Å². The van der Waals surface area contributed by atoms with Crippen molar-refractivity contribution in [3.8, 4) is 0 Å². The predicted octanol–water partition coefficient (Wildman–Crippen LogP) is 3.75. The van der Waals surface area contributed by atoms with E-state index >= 15 is 0 Å². The Morgan fingerprint density at radius 3 is 2.64 bits per heavy atom. The van der Waals surface area contributed by atoms with Crippen molar-refractivity contribution in [2.24, 2.45) is 0 Å². The molecule has 0 bridgehead atoms. The molecule has 2 aliphatic rings. The molecule has 7 nitrogen and oxygen atoms in total. The van der Waals surface area contributed by atoms with Crippen molar-refractivity contribution in [1.29, 1.82) is 0 Å². The molecule has 0 saturated carbocycles. The maximum Gasteiger partial charge on any atom is 0.232 e. The number of nitrogens with zero attached hydrogens (tertiary/aromatic N) is 4. The summed E-state index contributed by atoms with van der Waals surface area (Å²) in [4.78, 5) is 14.2. The van der Waals surface area contributed by atoms with Gasteiger partial charge in [-0.25, -0.2) is 4.39 Å². The van der Waals surface area contributed by atoms with Crippen LogP contribution in [0.15, 0.2) is 30.3 Å². The molecule has 33 heavy (non-hydrogen) atoms. The van der Waals surface area contributed by atoms with Gasteiger partial charge in [-0.2, -0.15) is 9.97 Å². The third kappa shape index (κ3) is 6.74. The zero-order valence-corrected chi connectivity index (χ0v) is 20.0. The second kappa shape index (κ2) is 11.6. The molecule has 0 radical (unpaired) electrons. The van der Waals surface area contributed by atoms with Gasteiger partial charge in [0.1, 0.15) is 17.5 Å². The number of hydrogen-bond acceptors (Lipinski definition) is 6. The van der Waals surface area contributed by atoms with Gasteiger partial charge < -0.3 is 25.2 Å². The van der Waals surface area contributed by atoms with Crippen LogP contribution in [0.1, 0.15) is 38.2 Å². The minimum atomic E-state index is -0.208. The SMILES string of the molecule is CC1CCCCN1c1cc(N2CCOCC2)nc(NC(=S)NCCCc2ccc(F)cc2)n1. The second-order valence-electron chi connectivity index (χ2n) is 8.66. The summed E-state index contributed by atoms with van der Waals surface area (Å²) >= 11 is 5.51. The second-order valence-corrected chi connectivity index (χ2v) is 9.06. The number of nitrogens with one attached hydrogen (secondary N) is 2. The van der Waals surface area contributed by atoms with Gasteiger partial charge in [0, 0.05) is 38.3 Å². The van der Waals surface area contributed by atoms with E-state index in [1.165, 1.54) is 31.4 Å². The molecule has 2 saturated heterocycles. The molecular formula is C24H33FN6OS. The highest BCUT2D eigenvalue weighted by atomic mass is 32.1. The van der Waals surface area contributed by atoms with Crippen LogP contribution in [0.4, 0.5) is 22.0 Å². The Morgan fingerprint density at radius 2 is 1.88 bits per heavy atom. The number of aromatic nitrogens is 2. The van der Waals surface area contributed by atoms with Crippen LogP contribution in [0.3, 0.4) is 0 Å². The Kier molecular flexibility index (Phi) is 8.28. The number of ether oxygens (including phenoxy) is 1. The van der Waals surface area contributed by atoms with E-state index < -0.39 is 0 Å². The third-order valence-corrected chi connectivity index (χ3v) is 6.44. The number of morpholine rings is 1. The van der Waals surface area contributed by atoms with E-state index in [1.54, 1.807) is 0 Å². The topological polar surface area (TPSA) is 65.6 Å². The molecule has 4 rings (SSSR count). The van der Waals surface area contributed by atoms with E-state index in [0.29, 0.717) is 36.9 Å². The van der Waals surface area contributed by atoms with E-state index in [4.69, 9.17) is 26.9 Å². The van der Waals surface area contributed by atoms with Gasteiger partial charge in [0.15, 0.2) is 5.11 Å². The molecule has 9 heteroatoms. The lowest BCUT2D eigenvalue weighted by Crippen LogP contribution is -2.40. The van der Waals surface area contributed by atoms with Crippen LogP contribution in [0.25, 0.3) is 0 Å². The Balaban J connectivity index is 1.38. The molecule has 0 amide bonds. The normalized spacial score (nSPS) is 18.8. The van der Waals surface area contributed by atoms with Gasteiger partial charge in [-0.1, -0.05) is 12.1 Å². The number of piperidine rings is 1. The Morgan fingerprint density at radius 1 is 1.12 bits per heavy atom. The molecule has 178 valence electrons. The summed E-state index contributed by atoms with van der Waals surface area (Å²) in [6, 6.07) is 9.18. The van der Waals surface area contributed by atoms with Crippen molar-refractivity contribution >= 4 is 34.9 Å². The van der Waals surface area contributed by atoms with Crippen molar-refractivity contribution in [2.45, 2.75) is 45.1 Å². The highest BCUT2D eigenvalue weighted by molar-refractivity contribution is 7.80. The fraction of sp³-hybridized carbons (Fsp3) is 0.542. The quantitative estimate of drug-likeness (QED) is 0.467. The molecule has 3 heterocycles. The number of thiocarbonyl (C=S) groups is 1. The lowest BCUT2D eigenvalue weighted by atomic mass is 10.0. The summed E-state index contributed by atoms with van der Waals surface area (Å²) in [5.74, 6) is 2.16. The molecule has 2 aromatic rings. The Hall–Kier alpha value is -2.52. The summed E-state index contributed by atoms with van der Waals surface area (Å²) < 4.78 is 18.6. The third-order valence-electron chi connectivity index (χ3n) is 6.20. The number of rotatable bonds is 7. The molecule has 1 unspecified atom stereocenters. The van der Waals surface area contributed by atoms with E-state index in [-0.39, 0.29) is 5.82 Å². The number of aryl methyl sites for hydroxylation is 1. The number of benzene rings is 1. The van der Waals surface area contributed by atoms with E-state index in [2.05, 4.69) is 33.4 Å². The van der Waals surface area contributed by atoms with Crippen molar-refractivity contribution in [1.82, 2.24) is 15.3 Å². The lowest BCUT2D eigenvalue weighted by molar-refractivity contribution is 0.122. The molecule has 2 aliphatic heterocycles. The van der Waals surface area contributed by atoms with Gasteiger partial charge in [0.2, 0.25) is 5.95 Å². The van der Waals surface area contributed by atoms with Crippen LogP contribution in [0.5, 0.6) is 0 Å². The zero-order valence-electron chi connectivity index (χ0n) is 19.2. The first-order valence-electron chi connectivity index (χ1n) is 11.9.